The van der Waals surface area contributed by atoms with Crippen LogP contribution in [0.2, 0.25) is 0 Å². The molecule has 1 atom stereocenters. The van der Waals surface area contributed by atoms with Gasteiger partial charge in [-0.2, -0.15) is 5.26 Å². The van der Waals surface area contributed by atoms with E-state index in [-0.39, 0.29) is 5.69 Å². The molecule has 2 aromatic rings. The molecule has 142 valence electrons. The molecule has 0 saturated carbocycles. The van der Waals surface area contributed by atoms with E-state index in [1.165, 1.54) is 0 Å². The standard InChI is InChI=1S/C21H25N3O2S/c1-15(2)14-26-17-9-6-8-16(12-17)20(24-27(25)21(3,4)5)18-10-7-11-23-19(18)13-22/h6-12,15H,14H2,1-5H3. The Kier molecular flexibility index (Phi) is 7.00. The average Bonchev–Trinajstić information content (AvgIpc) is 2.63. The van der Waals surface area contributed by atoms with Gasteiger partial charge in [-0.1, -0.05) is 30.4 Å². The molecule has 1 aromatic heterocycles. The number of rotatable bonds is 6. The van der Waals surface area contributed by atoms with E-state index in [1.54, 1.807) is 18.3 Å². The van der Waals surface area contributed by atoms with Gasteiger partial charge in [0.1, 0.15) is 39.3 Å². The Bertz CT molecular complexity index is 851. The molecular formula is C21H25N3O2S. The molecule has 1 heterocycles. The molecule has 0 saturated heterocycles. The van der Waals surface area contributed by atoms with Crippen molar-refractivity contribution in [3.63, 3.8) is 0 Å². The minimum absolute atomic E-state index is 0.246. The summed E-state index contributed by atoms with van der Waals surface area (Å²) in [5, 5.41) is 9.44. The number of benzene rings is 1. The molecule has 0 spiro atoms. The number of nitrogens with zero attached hydrogens (tertiary/aromatic N) is 3. The molecule has 1 unspecified atom stereocenters. The van der Waals surface area contributed by atoms with E-state index < -0.39 is 16.1 Å². The number of pyridine rings is 1. The lowest BCUT2D eigenvalue weighted by Gasteiger charge is -2.20. The predicted octanol–water partition coefficient (Wildman–Crippen LogP) is 4.29. The summed E-state index contributed by atoms with van der Waals surface area (Å²) in [4.78, 5) is 4.12. The number of nitriles is 1. The summed E-state index contributed by atoms with van der Waals surface area (Å²) in [6, 6.07) is 13.1. The molecular weight excluding hydrogens is 358 g/mol. The van der Waals surface area contributed by atoms with Crippen molar-refractivity contribution in [2.45, 2.75) is 39.4 Å². The van der Waals surface area contributed by atoms with Crippen LogP contribution in [0.25, 0.3) is 0 Å². The highest BCUT2D eigenvalue weighted by Crippen LogP contribution is 2.24. The largest absolute Gasteiger partial charge is 0.591 e. The van der Waals surface area contributed by atoms with Crippen molar-refractivity contribution >= 4 is 17.1 Å². The zero-order chi connectivity index (χ0) is 20.0. The first kappa shape index (κ1) is 20.9. The van der Waals surface area contributed by atoms with Gasteiger partial charge in [0, 0.05) is 17.3 Å². The van der Waals surface area contributed by atoms with Crippen LogP contribution in [-0.2, 0) is 11.4 Å². The molecule has 0 aliphatic rings. The molecule has 5 nitrogen and oxygen atoms in total. The van der Waals surface area contributed by atoms with Crippen molar-refractivity contribution in [1.82, 2.24) is 4.98 Å². The minimum atomic E-state index is -1.49. The average molecular weight is 384 g/mol. The van der Waals surface area contributed by atoms with Crippen LogP contribution < -0.4 is 4.74 Å². The van der Waals surface area contributed by atoms with Gasteiger partial charge in [-0.15, -0.1) is 0 Å². The van der Waals surface area contributed by atoms with E-state index in [4.69, 9.17) is 4.74 Å². The smallest absolute Gasteiger partial charge is 0.150 e. The topological polar surface area (TPSA) is 81.3 Å². The lowest BCUT2D eigenvalue weighted by molar-refractivity contribution is 0.271. The first-order valence-corrected chi connectivity index (χ1v) is 9.92. The van der Waals surface area contributed by atoms with Crippen molar-refractivity contribution in [2.24, 2.45) is 10.3 Å². The van der Waals surface area contributed by atoms with Gasteiger partial charge in [-0.3, -0.25) is 0 Å². The zero-order valence-corrected chi connectivity index (χ0v) is 17.2. The number of hydrogen-bond acceptors (Lipinski definition) is 5. The van der Waals surface area contributed by atoms with Gasteiger partial charge in [0.05, 0.1) is 6.61 Å². The van der Waals surface area contributed by atoms with Crippen LogP contribution in [0.5, 0.6) is 5.75 Å². The third kappa shape index (κ3) is 5.81. The molecule has 2 rings (SSSR count). The summed E-state index contributed by atoms with van der Waals surface area (Å²) < 4.78 is 22.5. The first-order chi connectivity index (χ1) is 12.7. The summed E-state index contributed by atoms with van der Waals surface area (Å²) in [6.07, 6.45) is 1.56. The van der Waals surface area contributed by atoms with Crippen LogP contribution in [0.3, 0.4) is 0 Å². The zero-order valence-electron chi connectivity index (χ0n) is 16.4. The second-order valence-electron chi connectivity index (χ2n) is 7.55. The quantitative estimate of drug-likeness (QED) is 0.550. The Morgan fingerprint density at radius 2 is 2.04 bits per heavy atom. The van der Waals surface area contributed by atoms with Crippen molar-refractivity contribution < 1.29 is 9.29 Å². The molecule has 1 aromatic carbocycles. The Labute approximate surface area is 164 Å². The Balaban J connectivity index is 2.56. The fourth-order valence-electron chi connectivity index (χ4n) is 2.16. The summed E-state index contributed by atoms with van der Waals surface area (Å²) >= 11 is -1.49. The highest BCUT2D eigenvalue weighted by molar-refractivity contribution is 7.91. The third-order valence-corrected chi connectivity index (χ3v) is 4.95. The van der Waals surface area contributed by atoms with Crippen molar-refractivity contribution in [2.75, 3.05) is 6.61 Å². The van der Waals surface area contributed by atoms with Crippen LogP contribution in [-0.4, -0.2) is 26.6 Å². The van der Waals surface area contributed by atoms with Crippen molar-refractivity contribution in [3.05, 3.63) is 59.4 Å². The molecule has 0 fully saturated rings. The summed E-state index contributed by atoms with van der Waals surface area (Å²) in [5.74, 6) is 1.11. The van der Waals surface area contributed by atoms with Gasteiger partial charge in [0.15, 0.2) is 0 Å². The normalized spacial score (nSPS) is 13.3. The summed E-state index contributed by atoms with van der Waals surface area (Å²) in [6.45, 7) is 10.3. The highest BCUT2D eigenvalue weighted by atomic mass is 32.2. The molecule has 6 heteroatoms. The van der Waals surface area contributed by atoms with Crippen LogP contribution in [0.4, 0.5) is 0 Å². The Hall–Kier alpha value is -2.36. The van der Waals surface area contributed by atoms with Crippen LogP contribution in [0, 0.1) is 17.2 Å². The van der Waals surface area contributed by atoms with Gasteiger partial charge in [0.25, 0.3) is 0 Å². The maximum absolute atomic E-state index is 12.7. The van der Waals surface area contributed by atoms with E-state index in [9.17, 15) is 9.81 Å². The fourth-order valence-corrected chi connectivity index (χ4v) is 2.80. The molecule has 0 bridgehead atoms. The van der Waals surface area contributed by atoms with Crippen LogP contribution in [0.1, 0.15) is 51.4 Å². The SMILES string of the molecule is CC(C)COc1cccc(C(=N[S+]([O-])C(C)(C)C)c2cccnc2C#N)c1. The maximum Gasteiger partial charge on any atom is 0.150 e. The number of aromatic nitrogens is 1. The highest BCUT2D eigenvalue weighted by Gasteiger charge is 2.28. The van der Waals surface area contributed by atoms with Crippen molar-refractivity contribution in [1.29, 1.82) is 5.26 Å². The third-order valence-electron chi connectivity index (χ3n) is 3.56. The van der Waals surface area contributed by atoms with Gasteiger partial charge in [0.2, 0.25) is 0 Å². The van der Waals surface area contributed by atoms with Gasteiger partial charge < -0.3 is 9.29 Å². The lowest BCUT2D eigenvalue weighted by Crippen LogP contribution is -2.27. The maximum atomic E-state index is 12.7. The van der Waals surface area contributed by atoms with E-state index in [1.807, 2.05) is 45.0 Å². The lowest BCUT2D eigenvalue weighted by atomic mass is 10.0. The van der Waals surface area contributed by atoms with E-state index in [0.717, 1.165) is 5.56 Å². The molecule has 0 radical (unpaired) electrons. The monoisotopic (exact) mass is 383 g/mol. The number of hydrogen-bond donors (Lipinski definition) is 0. The molecule has 27 heavy (non-hydrogen) atoms. The molecule has 0 aliphatic carbocycles. The van der Waals surface area contributed by atoms with Gasteiger partial charge in [-0.05, 0) is 51.0 Å². The van der Waals surface area contributed by atoms with Crippen molar-refractivity contribution in [3.8, 4) is 11.8 Å². The minimum Gasteiger partial charge on any atom is -0.591 e. The predicted molar refractivity (Wildman–Crippen MR) is 109 cm³/mol. The van der Waals surface area contributed by atoms with Crippen LogP contribution >= 0.6 is 0 Å². The van der Waals surface area contributed by atoms with E-state index in [0.29, 0.717) is 29.5 Å². The second-order valence-corrected chi connectivity index (χ2v) is 9.45. The van der Waals surface area contributed by atoms with E-state index in [2.05, 4.69) is 29.3 Å². The first-order valence-electron chi connectivity index (χ1n) is 8.81. The number of ether oxygens (including phenoxy) is 1. The molecule has 0 N–H and O–H groups in total. The summed E-state index contributed by atoms with van der Waals surface area (Å²) in [5.41, 5.74) is 2.01. The van der Waals surface area contributed by atoms with Gasteiger partial charge >= 0.3 is 0 Å². The van der Waals surface area contributed by atoms with Crippen LogP contribution in [0.15, 0.2) is 47.0 Å². The molecule has 0 aliphatic heterocycles. The molecule has 0 amide bonds. The second kappa shape index (κ2) is 9.03. The van der Waals surface area contributed by atoms with Gasteiger partial charge in [-0.25, -0.2) is 4.98 Å². The fraction of sp³-hybridized carbons (Fsp3) is 0.381. The Morgan fingerprint density at radius 3 is 2.67 bits per heavy atom. The summed E-state index contributed by atoms with van der Waals surface area (Å²) in [7, 11) is 0. The Morgan fingerprint density at radius 1 is 1.30 bits per heavy atom. The van der Waals surface area contributed by atoms with E-state index >= 15 is 0 Å².